The molecule has 0 amide bonds. The molecule has 2 rings (SSSR count). The Kier molecular flexibility index (Phi) is 5.30. The first-order valence-corrected chi connectivity index (χ1v) is 7.77. The van der Waals surface area contributed by atoms with Crippen LogP contribution in [0, 0.1) is 5.92 Å². The van der Waals surface area contributed by atoms with Crippen molar-refractivity contribution in [3.8, 4) is 0 Å². The lowest BCUT2D eigenvalue weighted by atomic mass is 9.93. The second-order valence-corrected chi connectivity index (χ2v) is 6.17. The van der Waals surface area contributed by atoms with Crippen molar-refractivity contribution < 1.29 is 0 Å². The van der Waals surface area contributed by atoms with E-state index in [1.807, 2.05) is 0 Å². The second kappa shape index (κ2) is 6.75. The Hall–Kier alpha value is -0.0800. The minimum atomic E-state index is 0.803. The number of hydrogen-bond donors (Lipinski definition) is 1. The molecule has 0 bridgehead atoms. The highest BCUT2D eigenvalue weighted by Gasteiger charge is 2.23. The fourth-order valence-electron chi connectivity index (χ4n) is 3.10. The minimum Gasteiger partial charge on any atom is -0.314 e. The summed E-state index contributed by atoms with van der Waals surface area (Å²) in [7, 11) is 0. The van der Waals surface area contributed by atoms with E-state index in [1.54, 1.807) is 0 Å². The van der Waals surface area contributed by atoms with Gasteiger partial charge in [0.05, 0.1) is 0 Å². The third kappa shape index (κ3) is 4.59. The van der Waals surface area contributed by atoms with Crippen LogP contribution in [-0.2, 0) is 0 Å². The van der Waals surface area contributed by atoms with Crippen LogP contribution in [0.25, 0.3) is 0 Å². The number of rotatable bonds is 7. The topological polar surface area (TPSA) is 15.3 Å². The van der Waals surface area contributed by atoms with Crippen LogP contribution in [0.3, 0.4) is 0 Å². The smallest absolute Gasteiger partial charge is 0.00952 e. The maximum Gasteiger partial charge on any atom is 0.00952 e. The van der Waals surface area contributed by atoms with Crippen LogP contribution < -0.4 is 5.32 Å². The molecule has 0 aliphatic heterocycles. The van der Waals surface area contributed by atoms with Crippen LogP contribution in [0.15, 0.2) is 0 Å². The molecular formula is C15H30N2. The van der Waals surface area contributed by atoms with Gasteiger partial charge in [0.15, 0.2) is 0 Å². The van der Waals surface area contributed by atoms with E-state index >= 15 is 0 Å². The van der Waals surface area contributed by atoms with Crippen molar-refractivity contribution in [2.24, 2.45) is 5.92 Å². The van der Waals surface area contributed by atoms with Gasteiger partial charge < -0.3 is 10.2 Å². The third-order valence-corrected chi connectivity index (χ3v) is 4.38. The molecule has 0 radical (unpaired) electrons. The summed E-state index contributed by atoms with van der Waals surface area (Å²) in [5.41, 5.74) is 0. The lowest BCUT2D eigenvalue weighted by Crippen LogP contribution is -2.41. The van der Waals surface area contributed by atoms with Crippen molar-refractivity contribution in [1.82, 2.24) is 10.2 Å². The number of nitrogens with zero attached hydrogens (tertiary/aromatic N) is 1. The zero-order valence-electron chi connectivity index (χ0n) is 11.8. The van der Waals surface area contributed by atoms with Gasteiger partial charge in [-0.15, -0.1) is 0 Å². The molecule has 2 aliphatic rings. The SMILES string of the molecule is CCN(CC(C)CNC1CC1)C1CCCCC1. The number of hydrogen-bond acceptors (Lipinski definition) is 2. The molecule has 2 nitrogen and oxygen atoms in total. The van der Waals surface area contributed by atoms with Gasteiger partial charge in [-0.1, -0.05) is 33.1 Å². The van der Waals surface area contributed by atoms with Crippen LogP contribution in [-0.4, -0.2) is 36.6 Å². The van der Waals surface area contributed by atoms with Crippen LogP contribution in [0.4, 0.5) is 0 Å². The molecule has 0 spiro atoms. The summed E-state index contributed by atoms with van der Waals surface area (Å²) in [4.78, 5) is 2.73. The van der Waals surface area contributed by atoms with Gasteiger partial charge in [-0.05, 0) is 44.7 Å². The van der Waals surface area contributed by atoms with Gasteiger partial charge in [0.25, 0.3) is 0 Å². The largest absolute Gasteiger partial charge is 0.314 e. The highest BCUT2D eigenvalue weighted by atomic mass is 15.2. The molecule has 1 N–H and O–H groups in total. The zero-order valence-corrected chi connectivity index (χ0v) is 11.8. The fourth-order valence-corrected chi connectivity index (χ4v) is 3.10. The van der Waals surface area contributed by atoms with E-state index in [0.29, 0.717) is 0 Å². The predicted molar refractivity (Wildman–Crippen MR) is 74.3 cm³/mol. The molecular weight excluding hydrogens is 208 g/mol. The van der Waals surface area contributed by atoms with Gasteiger partial charge in [0.2, 0.25) is 0 Å². The van der Waals surface area contributed by atoms with Crippen LogP contribution in [0.1, 0.15) is 58.8 Å². The first-order valence-electron chi connectivity index (χ1n) is 7.77. The normalized spacial score (nSPS) is 24.2. The van der Waals surface area contributed by atoms with Gasteiger partial charge in [-0.2, -0.15) is 0 Å². The summed E-state index contributed by atoms with van der Waals surface area (Å²) < 4.78 is 0. The predicted octanol–water partition coefficient (Wildman–Crippen LogP) is 3.03. The summed E-state index contributed by atoms with van der Waals surface area (Å²) in [6.45, 7) is 8.48. The average molecular weight is 238 g/mol. The fraction of sp³-hybridized carbons (Fsp3) is 1.00. The molecule has 0 aromatic rings. The highest BCUT2D eigenvalue weighted by molar-refractivity contribution is 4.82. The highest BCUT2D eigenvalue weighted by Crippen LogP contribution is 2.23. The van der Waals surface area contributed by atoms with E-state index in [0.717, 1.165) is 18.0 Å². The van der Waals surface area contributed by atoms with Crippen molar-refractivity contribution in [2.75, 3.05) is 19.6 Å². The zero-order chi connectivity index (χ0) is 12.1. The van der Waals surface area contributed by atoms with Gasteiger partial charge in [0, 0.05) is 18.6 Å². The summed E-state index contributed by atoms with van der Waals surface area (Å²) in [5.74, 6) is 0.803. The first-order chi connectivity index (χ1) is 8.29. The van der Waals surface area contributed by atoms with Crippen LogP contribution in [0.5, 0.6) is 0 Å². The molecule has 2 aliphatic carbocycles. The molecule has 0 aromatic carbocycles. The molecule has 2 saturated carbocycles. The summed E-state index contributed by atoms with van der Waals surface area (Å²) in [6.07, 6.45) is 10.1. The van der Waals surface area contributed by atoms with Crippen molar-refractivity contribution in [2.45, 2.75) is 70.9 Å². The van der Waals surface area contributed by atoms with E-state index in [1.165, 1.54) is 64.6 Å². The lowest BCUT2D eigenvalue weighted by molar-refractivity contribution is 0.143. The van der Waals surface area contributed by atoms with E-state index in [9.17, 15) is 0 Å². The van der Waals surface area contributed by atoms with E-state index in [2.05, 4.69) is 24.1 Å². The van der Waals surface area contributed by atoms with E-state index < -0.39 is 0 Å². The second-order valence-electron chi connectivity index (χ2n) is 6.17. The van der Waals surface area contributed by atoms with Gasteiger partial charge in [0.1, 0.15) is 0 Å². The van der Waals surface area contributed by atoms with Gasteiger partial charge in [-0.25, -0.2) is 0 Å². The first kappa shape index (κ1) is 13.4. The Bertz CT molecular complexity index is 207. The van der Waals surface area contributed by atoms with Crippen molar-refractivity contribution in [1.29, 1.82) is 0 Å². The monoisotopic (exact) mass is 238 g/mol. The Balaban J connectivity index is 1.68. The Morgan fingerprint density at radius 3 is 2.41 bits per heavy atom. The van der Waals surface area contributed by atoms with Gasteiger partial charge >= 0.3 is 0 Å². The maximum absolute atomic E-state index is 3.66. The summed E-state index contributed by atoms with van der Waals surface area (Å²) in [5, 5.41) is 3.66. The van der Waals surface area contributed by atoms with Crippen molar-refractivity contribution >= 4 is 0 Å². The van der Waals surface area contributed by atoms with Crippen LogP contribution in [0.2, 0.25) is 0 Å². The quantitative estimate of drug-likeness (QED) is 0.733. The lowest BCUT2D eigenvalue weighted by Gasteiger charge is -2.35. The molecule has 17 heavy (non-hydrogen) atoms. The Labute approximate surface area is 107 Å². The number of nitrogens with one attached hydrogen (secondary N) is 1. The Morgan fingerprint density at radius 2 is 1.82 bits per heavy atom. The molecule has 0 saturated heterocycles. The molecule has 0 heterocycles. The summed E-state index contributed by atoms with van der Waals surface area (Å²) in [6, 6.07) is 1.75. The molecule has 2 fully saturated rings. The molecule has 1 unspecified atom stereocenters. The van der Waals surface area contributed by atoms with Crippen molar-refractivity contribution in [3.05, 3.63) is 0 Å². The molecule has 2 heteroatoms. The maximum atomic E-state index is 3.66. The molecule has 1 atom stereocenters. The summed E-state index contributed by atoms with van der Waals surface area (Å²) >= 11 is 0. The van der Waals surface area contributed by atoms with Gasteiger partial charge in [-0.3, -0.25) is 0 Å². The minimum absolute atomic E-state index is 0.803. The Morgan fingerprint density at radius 1 is 1.12 bits per heavy atom. The van der Waals surface area contributed by atoms with E-state index in [4.69, 9.17) is 0 Å². The van der Waals surface area contributed by atoms with Crippen LogP contribution >= 0.6 is 0 Å². The molecule has 0 aromatic heterocycles. The average Bonchev–Trinajstić information content (AvgIpc) is 3.18. The van der Waals surface area contributed by atoms with E-state index in [-0.39, 0.29) is 0 Å². The standard InChI is InChI=1S/C15H30N2/c1-3-17(15-7-5-4-6-8-15)12-13(2)11-16-14-9-10-14/h13-16H,3-12H2,1-2H3. The third-order valence-electron chi connectivity index (χ3n) is 4.38. The molecule has 100 valence electrons. The van der Waals surface area contributed by atoms with Crippen molar-refractivity contribution in [3.63, 3.8) is 0 Å².